The second-order valence-electron chi connectivity index (χ2n) is 6.09. The van der Waals surface area contributed by atoms with Gasteiger partial charge in [-0.2, -0.15) is 0 Å². The maximum absolute atomic E-state index is 12.0. The molecule has 0 N–H and O–H groups in total. The van der Waals surface area contributed by atoms with Crippen molar-refractivity contribution in [1.29, 1.82) is 0 Å². The monoisotopic (exact) mass is 297 g/mol. The molecule has 0 radical (unpaired) electrons. The van der Waals surface area contributed by atoms with Crippen LogP contribution in [0.3, 0.4) is 0 Å². The zero-order valence-corrected chi connectivity index (χ0v) is 13.5. The Morgan fingerprint density at radius 2 is 1.91 bits per heavy atom. The molecule has 1 aliphatic heterocycles. The van der Waals surface area contributed by atoms with Crippen molar-refractivity contribution in [3.8, 4) is 5.82 Å². The molecule has 0 aromatic carbocycles. The lowest BCUT2D eigenvalue weighted by atomic mass is 9.95. The molecule has 0 spiro atoms. The molecule has 4 heteroatoms. The number of hydrogen-bond acceptors (Lipinski definition) is 2. The van der Waals surface area contributed by atoms with E-state index in [0.717, 1.165) is 37.2 Å². The zero-order chi connectivity index (χ0) is 15.7. The van der Waals surface area contributed by atoms with E-state index in [9.17, 15) is 4.79 Å². The van der Waals surface area contributed by atoms with Crippen LogP contribution in [0.4, 0.5) is 0 Å². The first kappa shape index (κ1) is 14.8. The van der Waals surface area contributed by atoms with Crippen molar-refractivity contribution in [1.82, 2.24) is 14.5 Å². The third kappa shape index (κ3) is 2.54. The number of likely N-dealkylation sites (tertiary alicyclic amines) is 1. The second-order valence-corrected chi connectivity index (χ2v) is 6.09. The van der Waals surface area contributed by atoms with Gasteiger partial charge in [0.25, 0.3) is 0 Å². The molecule has 2 aromatic heterocycles. The Morgan fingerprint density at radius 1 is 1.18 bits per heavy atom. The molecule has 4 nitrogen and oxygen atoms in total. The standard InChI is InChI=1S/C18H23N3O/c1-13-9-10-14(2)21(13)18-16(7-6-11-19-18)17-8-4-5-12-20(17)15(3)22/h6-7,9-11,17H,4-5,8,12H2,1-3H3/t17-/m1/s1. The highest BCUT2D eigenvalue weighted by Gasteiger charge is 2.28. The van der Waals surface area contributed by atoms with Crippen molar-refractivity contribution in [2.45, 2.75) is 46.1 Å². The minimum absolute atomic E-state index is 0.135. The molecule has 1 saturated heterocycles. The van der Waals surface area contributed by atoms with Crippen molar-refractivity contribution in [2.24, 2.45) is 0 Å². The van der Waals surface area contributed by atoms with E-state index in [0.29, 0.717) is 0 Å². The van der Waals surface area contributed by atoms with E-state index in [4.69, 9.17) is 0 Å². The number of nitrogens with zero attached hydrogens (tertiary/aromatic N) is 3. The average molecular weight is 297 g/mol. The van der Waals surface area contributed by atoms with Gasteiger partial charge in [-0.25, -0.2) is 4.98 Å². The molecule has 22 heavy (non-hydrogen) atoms. The van der Waals surface area contributed by atoms with Crippen LogP contribution in [0, 0.1) is 13.8 Å². The number of carbonyl (C=O) groups excluding carboxylic acids is 1. The van der Waals surface area contributed by atoms with Gasteiger partial charge in [0.2, 0.25) is 5.91 Å². The third-order valence-corrected chi connectivity index (χ3v) is 4.57. The maximum atomic E-state index is 12.0. The van der Waals surface area contributed by atoms with Crippen LogP contribution in [0.15, 0.2) is 30.5 Å². The molecular formula is C18H23N3O. The second kappa shape index (κ2) is 5.95. The number of piperidine rings is 1. The Bertz CT molecular complexity index is 670. The van der Waals surface area contributed by atoms with Gasteiger partial charge < -0.3 is 9.47 Å². The Hall–Kier alpha value is -2.10. The van der Waals surface area contributed by atoms with Crippen LogP contribution in [0.2, 0.25) is 0 Å². The summed E-state index contributed by atoms with van der Waals surface area (Å²) in [5.74, 6) is 1.11. The normalized spacial score (nSPS) is 18.5. The number of rotatable bonds is 2. The Labute approximate surface area is 131 Å². The smallest absolute Gasteiger partial charge is 0.219 e. The molecule has 1 amide bonds. The highest BCUT2D eigenvalue weighted by atomic mass is 16.2. The summed E-state index contributed by atoms with van der Waals surface area (Å²) in [5, 5.41) is 0. The van der Waals surface area contributed by atoms with Crippen LogP contribution in [0.25, 0.3) is 5.82 Å². The largest absolute Gasteiger partial charge is 0.336 e. The van der Waals surface area contributed by atoms with E-state index < -0.39 is 0 Å². The van der Waals surface area contributed by atoms with Gasteiger partial charge in [0, 0.05) is 36.6 Å². The molecule has 3 heterocycles. The number of pyridine rings is 1. The fraction of sp³-hybridized carbons (Fsp3) is 0.444. The molecule has 0 unspecified atom stereocenters. The molecule has 0 bridgehead atoms. The summed E-state index contributed by atoms with van der Waals surface area (Å²) < 4.78 is 2.18. The van der Waals surface area contributed by atoms with Gasteiger partial charge in [0.15, 0.2) is 0 Å². The van der Waals surface area contributed by atoms with E-state index in [2.05, 4.69) is 41.6 Å². The third-order valence-electron chi connectivity index (χ3n) is 4.57. The van der Waals surface area contributed by atoms with Crippen LogP contribution in [-0.4, -0.2) is 26.9 Å². The van der Waals surface area contributed by atoms with E-state index in [1.807, 2.05) is 17.2 Å². The topological polar surface area (TPSA) is 38.1 Å². The van der Waals surface area contributed by atoms with Crippen LogP contribution in [0.5, 0.6) is 0 Å². The van der Waals surface area contributed by atoms with Crippen molar-refractivity contribution in [3.63, 3.8) is 0 Å². The molecule has 2 aromatic rings. The van der Waals surface area contributed by atoms with Gasteiger partial charge in [-0.05, 0) is 51.3 Å². The maximum Gasteiger partial charge on any atom is 0.219 e. The van der Waals surface area contributed by atoms with Crippen molar-refractivity contribution in [2.75, 3.05) is 6.54 Å². The lowest BCUT2D eigenvalue weighted by Gasteiger charge is -2.36. The first-order valence-corrected chi connectivity index (χ1v) is 7.97. The zero-order valence-electron chi connectivity index (χ0n) is 13.5. The lowest BCUT2D eigenvalue weighted by Crippen LogP contribution is -2.37. The van der Waals surface area contributed by atoms with Crippen LogP contribution >= 0.6 is 0 Å². The molecule has 1 aliphatic rings. The Kier molecular flexibility index (Phi) is 4.01. The fourth-order valence-electron chi connectivity index (χ4n) is 3.49. The van der Waals surface area contributed by atoms with Gasteiger partial charge in [-0.15, -0.1) is 0 Å². The molecule has 0 saturated carbocycles. The van der Waals surface area contributed by atoms with Gasteiger partial charge in [0.1, 0.15) is 5.82 Å². The van der Waals surface area contributed by atoms with Gasteiger partial charge in [-0.3, -0.25) is 4.79 Å². The summed E-state index contributed by atoms with van der Waals surface area (Å²) in [6, 6.07) is 8.44. The lowest BCUT2D eigenvalue weighted by molar-refractivity contribution is -0.132. The van der Waals surface area contributed by atoms with Crippen LogP contribution in [-0.2, 0) is 4.79 Å². The molecule has 1 fully saturated rings. The predicted molar refractivity (Wildman–Crippen MR) is 87.0 cm³/mol. The SMILES string of the molecule is CC(=O)N1CCCC[C@@H]1c1cccnc1-n1c(C)ccc1C. The van der Waals surface area contributed by atoms with Gasteiger partial charge in [0.05, 0.1) is 6.04 Å². The first-order chi connectivity index (χ1) is 10.6. The molecular weight excluding hydrogens is 274 g/mol. The van der Waals surface area contributed by atoms with Crippen molar-refractivity contribution in [3.05, 3.63) is 47.4 Å². The van der Waals surface area contributed by atoms with E-state index in [1.54, 1.807) is 6.92 Å². The molecule has 116 valence electrons. The van der Waals surface area contributed by atoms with Gasteiger partial charge >= 0.3 is 0 Å². The van der Waals surface area contributed by atoms with Crippen LogP contribution < -0.4 is 0 Å². The summed E-state index contributed by atoms with van der Waals surface area (Å²) in [7, 11) is 0. The Balaban J connectivity index is 2.10. The molecule has 1 atom stereocenters. The van der Waals surface area contributed by atoms with Crippen LogP contribution in [0.1, 0.15) is 49.2 Å². The fourth-order valence-corrected chi connectivity index (χ4v) is 3.49. The number of amides is 1. The van der Waals surface area contributed by atoms with Gasteiger partial charge in [-0.1, -0.05) is 6.07 Å². The minimum Gasteiger partial charge on any atom is -0.336 e. The minimum atomic E-state index is 0.135. The average Bonchev–Trinajstić information content (AvgIpc) is 2.86. The van der Waals surface area contributed by atoms with E-state index in [1.165, 1.54) is 11.4 Å². The van der Waals surface area contributed by atoms with E-state index in [-0.39, 0.29) is 11.9 Å². The summed E-state index contributed by atoms with van der Waals surface area (Å²) >= 11 is 0. The summed E-state index contributed by atoms with van der Waals surface area (Å²) in [5.41, 5.74) is 3.49. The highest BCUT2D eigenvalue weighted by Crippen LogP contribution is 2.34. The predicted octanol–water partition coefficient (Wildman–Crippen LogP) is 3.56. The summed E-state index contributed by atoms with van der Waals surface area (Å²) in [6.07, 6.45) is 5.09. The Morgan fingerprint density at radius 3 is 2.59 bits per heavy atom. The highest BCUT2D eigenvalue weighted by molar-refractivity contribution is 5.74. The number of aromatic nitrogens is 2. The molecule has 0 aliphatic carbocycles. The van der Waals surface area contributed by atoms with Crippen molar-refractivity contribution < 1.29 is 4.79 Å². The summed E-state index contributed by atoms with van der Waals surface area (Å²) in [6.45, 7) is 6.70. The number of carbonyl (C=O) groups is 1. The number of hydrogen-bond donors (Lipinski definition) is 0. The summed E-state index contributed by atoms with van der Waals surface area (Å²) in [4.78, 5) is 18.6. The van der Waals surface area contributed by atoms with E-state index >= 15 is 0 Å². The molecule has 3 rings (SSSR count). The first-order valence-electron chi connectivity index (χ1n) is 7.97. The van der Waals surface area contributed by atoms with Crippen molar-refractivity contribution >= 4 is 5.91 Å². The number of aryl methyl sites for hydroxylation is 2. The quantitative estimate of drug-likeness (QED) is 0.850.